The number of nitrogens with one attached hydrogen (secondary N) is 2. The molecule has 1 aliphatic carbocycles. The van der Waals surface area contributed by atoms with E-state index < -0.39 is 30.4 Å². The molecule has 0 bridgehead atoms. The highest BCUT2D eigenvalue weighted by Gasteiger charge is 2.30. The lowest BCUT2D eigenvalue weighted by Gasteiger charge is -2.28. The van der Waals surface area contributed by atoms with Gasteiger partial charge in [0.1, 0.15) is 12.6 Å². The highest BCUT2D eigenvalue weighted by atomic mass is 16.5. The van der Waals surface area contributed by atoms with Crippen LogP contribution in [0.4, 0.5) is 4.79 Å². The average Bonchev–Trinajstić information content (AvgIpc) is 3.14. The first-order valence-electron chi connectivity index (χ1n) is 11.7. The molecule has 2 aliphatic rings. The van der Waals surface area contributed by atoms with E-state index in [2.05, 4.69) is 10.6 Å². The summed E-state index contributed by atoms with van der Waals surface area (Å²) >= 11 is 0. The van der Waals surface area contributed by atoms with Crippen molar-refractivity contribution in [1.82, 2.24) is 10.6 Å². The van der Waals surface area contributed by atoms with E-state index in [4.69, 9.17) is 9.47 Å². The van der Waals surface area contributed by atoms with Crippen molar-refractivity contribution in [2.45, 2.75) is 56.8 Å². The quantitative estimate of drug-likeness (QED) is 0.549. The summed E-state index contributed by atoms with van der Waals surface area (Å²) in [6.45, 7) is 2.33. The Morgan fingerprint density at radius 1 is 1.06 bits per heavy atom. The first-order valence-corrected chi connectivity index (χ1v) is 11.7. The van der Waals surface area contributed by atoms with Crippen molar-refractivity contribution in [3.05, 3.63) is 59.7 Å². The van der Waals surface area contributed by atoms with Gasteiger partial charge in [-0.15, -0.1) is 0 Å². The van der Waals surface area contributed by atoms with E-state index in [1.54, 1.807) is 0 Å². The van der Waals surface area contributed by atoms with E-state index in [9.17, 15) is 19.5 Å². The molecular formula is C26H30N2O6. The van der Waals surface area contributed by atoms with Crippen molar-refractivity contribution in [2.24, 2.45) is 0 Å². The normalized spacial score (nSPS) is 20.0. The molecular weight excluding hydrogens is 436 g/mol. The third kappa shape index (κ3) is 5.56. The Labute approximate surface area is 198 Å². The minimum atomic E-state index is -1.24. The number of hydrogen-bond acceptors (Lipinski definition) is 5. The third-order valence-corrected chi connectivity index (χ3v) is 6.40. The van der Waals surface area contributed by atoms with Gasteiger partial charge in [0.25, 0.3) is 0 Å². The molecule has 8 nitrogen and oxygen atoms in total. The van der Waals surface area contributed by atoms with E-state index in [1.165, 1.54) is 0 Å². The predicted octanol–water partition coefficient (Wildman–Crippen LogP) is 3.44. The predicted molar refractivity (Wildman–Crippen MR) is 125 cm³/mol. The molecule has 0 saturated carbocycles. The number of carbonyl (C=O) groups excluding carboxylic acids is 2. The van der Waals surface area contributed by atoms with Gasteiger partial charge in [-0.3, -0.25) is 9.59 Å². The number of carbonyl (C=O) groups is 3. The topological polar surface area (TPSA) is 114 Å². The van der Waals surface area contributed by atoms with Crippen LogP contribution in [0.15, 0.2) is 48.5 Å². The van der Waals surface area contributed by atoms with Crippen LogP contribution in [0.5, 0.6) is 0 Å². The minimum absolute atomic E-state index is 0.0784. The molecule has 3 N–H and O–H groups in total. The Balaban J connectivity index is 1.35. The smallest absolute Gasteiger partial charge is 0.407 e. The fraction of sp³-hybridized carbons (Fsp3) is 0.423. The zero-order valence-corrected chi connectivity index (χ0v) is 19.2. The fourth-order valence-electron chi connectivity index (χ4n) is 4.75. The van der Waals surface area contributed by atoms with Crippen LogP contribution in [0.2, 0.25) is 0 Å². The second-order valence-corrected chi connectivity index (χ2v) is 8.87. The second-order valence-electron chi connectivity index (χ2n) is 8.87. The molecule has 2 amide bonds. The van der Waals surface area contributed by atoms with Crippen molar-refractivity contribution < 1.29 is 29.0 Å². The molecule has 1 saturated heterocycles. The van der Waals surface area contributed by atoms with Gasteiger partial charge in [0, 0.05) is 12.5 Å². The molecule has 3 atom stereocenters. The van der Waals surface area contributed by atoms with Gasteiger partial charge in [-0.05, 0) is 48.4 Å². The highest BCUT2D eigenvalue weighted by molar-refractivity contribution is 5.89. The summed E-state index contributed by atoms with van der Waals surface area (Å²) in [4.78, 5) is 36.5. The van der Waals surface area contributed by atoms with Gasteiger partial charge in [-0.25, -0.2) is 4.79 Å². The minimum Gasteiger partial charge on any atom is -0.481 e. The zero-order valence-electron chi connectivity index (χ0n) is 19.2. The number of fused-ring (bicyclic) bond motifs is 3. The molecule has 0 radical (unpaired) electrons. The monoisotopic (exact) mass is 466 g/mol. The Hall–Kier alpha value is -3.39. The van der Waals surface area contributed by atoms with E-state index in [0.717, 1.165) is 41.5 Å². The third-order valence-electron chi connectivity index (χ3n) is 6.40. The van der Waals surface area contributed by atoms with Crippen LogP contribution in [0, 0.1) is 0 Å². The van der Waals surface area contributed by atoms with E-state index in [1.807, 2.05) is 55.5 Å². The SMILES string of the molecule is CC1CCCC(CNC(=O)C(CC(=O)O)NC(=O)OCC2c3ccccc3-c3ccccc32)O1. The van der Waals surface area contributed by atoms with Crippen molar-refractivity contribution in [3.8, 4) is 11.1 Å². The van der Waals surface area contributed by atoms with Crippen molar-refractivity contribution in [1.29, 1.82) is 0 Å². The van der Waals surface area contributed by atoms with Crippen LogP contribution in [0.3, 0.4) is 0 Å². The standard InChI is InChI=1S/C26H30N2O6/c1-16-7-6-8-17(34-16)14-27-25(31)23(13-24(29)30)28-26(32)33-15-22-20-11-4-2-9-18(20)19-10-3-5-12-21(19)22/h2-5,9-12,16-17,22-23H,6-8,13-15H2,1H3,(H,27,31)(H,28,32)(H,29,30). The summed E-state index contributed by atoms with van der Waals surface area (Å²) in [6.07, 6.45) is 1.46. The van der Waals surface area contributed by atoms with Gasteiger partial charge >= 0.3 is 12.1 Å². The highest BCUT2D eigenvalue weighted by Crippen LogP contribution is 2.44. The average molecular weight is 467 g/mol. The number of carboxylic acid groups (broad SMARTS) is 1. The fourth-order valence-corrected chi connectivity index (χ4v) is 4.75. The summed E-state index contributed by atoms with van der Waals surface area (Å²) in [5.74, 6) is -1.89. The second kappa shape index (κ2) is 10.7. The summed E-state index contributed by atoms with van der Waals surface area (Å²) < 4.78 is 11.3. The van der Waals surface area contributed by atoms with Crippen molar-refractivity contribution >= 4 is 18.0 Å². The lowest BCUT2D eigenvalue weighted by atomic mass is 9.98. The Morgan fingerprint density at radius 2 is 1.71 bits per heavy atom. The first kappa shape index (κ1) is 23.8. The van der Waals surface area contributed by atoms with Gasteiger partial charge in [-0.1, -0.05) is 48.5 Å². The number of ether oxygens (including phenoxy) is 2. The molecule has 1 heterocycles. The number of amides is 2. The molecule has 4 rings (SSSR count). The summed E-state index contributed by atoms with van der Waals surface area (Å²) in [5.41, 5.74) is 4.35. The lowest BCUT2D eigenvalue weighted by Crippen LogP contribution is -2.50. The Bertz CT molecular complexity index is 1010. The van der Waals surface area contributed by atoms with Crippen LogP contribution < -0.4 is 10.6 Å². The van der Waals surface area contributed by atoms with E-state index in [-0.39, 0.29) is 31.3 Å². The van der Waals surface area contributed by atoms with Crippen molar-refractivity contribution in [3.63, 3.8) is 0 Å². The van der Waals surface area contributed by atoms with Crippen LogP contribution in [0.25, 0.3) is 11.1 Å². The number of carboxylic acids is 1. The number of rotatable bonds is 8. The zero-order chi connectivity index (χ0) is 24.1. The first-order chi connectivity index (χ1) is 16.4. The molecule has 0 aromatic heterocycles. The van der Waals surface area contributed by atoms with Crippen LogP contribution in [0.1, 0.15) is 49.7 Å². The molecule has 1 fully saturated rings. The van der Waals surface area contributed by atoms with Crippen molar-refractivity contribution in [2.75, 3.05) is 13.2 Å². The Kier molecular flexibility index (Phi) is 7.47. The number of benzene rings is 2. The maximum absolute atomic E-state index is 12.6. The molecule has 34 heavy (non-hydrogen) atoms. The van der Waals surface area contributed by atoms with Crippen LogP contribution >= 0.6 is 0 Å². The summed E-state index contributed by atoms with van der Waals surface area (Å²) in [6, 6.07) is 14.7. The maximum Gasteiger partial charge on any atom is 0.407 e. The largest absolute Gasteiger partial charge is 0.481 e. The number of alkyl carbamates (subject to hydrolysis) is 1. The van der Waals surface area contributed by atoms with E-state index in [0.29, 0.717) is 0 Å². The summed E-state index contributed by atoms with van der Waals surface area (Å²) in [7, 11) is 0. The van der Waals surface area contributed by atoms with Crippen LogP contribution in [-0.4, -0.2) is 54.5 Å². The van der Waals surface area contributed by atoms with Gasteiger partial charge in [-0.2, -0.15) is 0 Å². The summed E-state index contributed by atoms with van der Waals surface area (Å²) in [5, 5.41) is 14.4. The van der Waals surface area contributed by atoms with Gasteiger partial charge < -0.3 is 25.2 Å². The molecule has 1 aliphatic heterocycles. The van der Waals surface area contributed by atoms with Gasteiger partial charge in [0.15, 0.2) is 0 Å². The van der Waals surface area contributed by atoms with Crippen LogP contribution in [-0.2, 0) is 19.1 Å². The molecule has 3 unspecified atom stereocenters. The van der Waals surface area contributed by atoms with Gasteiger partial charge in [0.2, 0.25) is 5.91 Å². The molecule has 8 heteroatoms. The molecule has 0 spiro atoms. The Morgan fingerprint density at radius 3 is 2.32 bits per heavy atom. The molecule has 2 aromatic carbocycles. The van der Waals surface area contributed by atoms with E-state index >= 15 is 0 Å². The number of hydrogen-bond donors (Lipinski definition) is 3. The molecule has 180 valence electrons. The molecule has 2 aromatic rings. The maximum atomic E-state index is 12.6. The van der Waals surface area contributed by atoms with Gasteiger partial charge in [0.05, 0.1) is 18.6 Å². The number of aliphatic carboxylic acids is 1. The lowest BCUT2D eigenvalue weighted by molar-refractivity contribution is -0.140.